The highest BCUT2D eigenvalue weighted by molar-refractivity contribution is 5.74. The first-order valence-corrected chi connectivity index (χ1v) is 7.79. The molecule has 0 aliphatic heterocycles. The van der Waals surface area contributed by atoms with Gasteiger partial charge in [0, 0.05) is 12.2 Å². The van der Waals surface area contributed by atoms with Gasteiger partial charge in [-0.15, -0.1) is 0 Å². The van der Waals surface area contributed by atoms with Crippen LogP contribution in [-0.2, 0) is 13.1 Å². The smallest absolute Gasteiger partial charge is 0.318 e. The van der Waals surface area contributed by atoms with Gasteiger partial charge in [0.15, 0.2) is 0 Å². The molecule has 2 heterocycles. The fourth-order valence-electron chi connectivity index (χ4n) is 2.92. The summed E-state index contributed by atoms with van der Waals surface area (Å²) in [5.41, 5.74) is 0.861. The summed E-state index contributed by atoms with van der Waals surface area (Å²) in [6.07, 6.45) is 7.89. The van der Waals surface area contributed by atoms with Gasteiger partial charge in [0.1, 0.15) is 5.76 Å². The van der Waals surface area contributed by atoms with Gasteiger partial charge in [-0.05, 0) is 37.1 Å². The maximum Gasteiger partial charge on any atom is 0.318 e. The quantitative estimate of drug-likeness (QED) is 0.921. The van der Waals surface area contributed by atoms with Crippen molar-refractivity contribution >= 4 is 6.03 Å². The van der Waals surface area contributed by atoms with Crippen molar-refractivity contribution in [1.82, 2.24) is 15.2 Å². The zero-order valence-corrected chi connectivity index (χ0v) is 12.6. The van der Waals surface area contributed by atoms with E-state index in [1.165, 1.54) is 12.8 Å². The molecule has 22 heavy (non-hydrogen) atoms. The largest absolute Gasteiger partial charge is 0.467 e. The van der Waals surface area contributed by atoms with E-state index in [1.54, 1.807) is 12.5 Å². The number of carbonyl (C=O) groups is 1. The molecule has 1 aliphatic carbocycles. The molecule has 2 aromatic rings. The molecule has 0 saturated heterocycles. The maximum absolute atomic E-state index is 12.6. The van der Waals surface area contributed by atoms with Gasteiger partial charge in [-0.25, -0.2) is 4.79 Å². The van der Waals surface area contributed by atoms with Gasteiger partial charge in [-0.1, -0.05) is 18.9 Å². The molecule has 0 radical (unpaired) electrons. The van der Waals surface area contributed by atoms with E-state index in [2.05, 4.69) is 10.3 Å². The summed E-state index contributed by atoms with van der Waals surface area (Å²) in [6, 6.07) is 9.72. The van der Waals surface area contributed by atoms with Crippen LogP contribution in [0.1, 0.15) is 37.1 Å². The summed E-state index contributed by atoms with van der Waals surface area (Å²) in [5, 5.41) is 2.97. The Hall–Kier alpha value is -2.30. The van der Waals surface area contributed by atoms with E-state index >= 15 is 0 Å². The van der Waals surface area contributed by atoms with Crippen molar-refractivity contribution < 1.29 is 9.21 Å². The normalized spacial score (nSPS) is 14.9. The molecule has 1 N–H and O–H groups in total. The lowest BCUT2D eigenvalue weighted by molar-refractivity contribution is 0.164. The Kier molecular flexibility index (Phi) is 4.73. The Balaban J connectivity index is 1.63. The summed E-state index contributed by atoms with van der Waals surface area (Å²) in [4.78, 5) is 18.7. The van der Waals surface area contributed by atoms with E-state index in [0.717, 1.165) is 24.3 Å². The van der Waals surface area contributed by atoms with Gasteiger partial charge in [-0.3, -0.25) is 4.98 Å². The Bertz CT molecular complexity index is 577. The van der Waals surface area contributed by atoms with Crippen molar-refractivity contribution in [2.24, 2.45) is 0 Å². The summed E-state index contributed by atoms with van der Waals surface area (Å²) in [7, 11) is 0. The second-order valence-electron chi connectivity index (χ2n) is 5.63. The summed E-state index contributed by atoms with van der Waals surface area (Å²) in [6.45, 7) is 0.965. The summed E-state index contributed by atoms with van der Waals surface area (Å²) < 4.78 is 5.40. The number of nitrogens with one attached hydrogen (secondary N) is 1. The number of hydrogen-bond acceptors (Lipinski definition) is 3. The number of nitrogens with zero attached hydrogens (tertiary/aromatic N) is 2. The number of furan rings is 1. The average molecular weight is 299 g/mol. The van der Waals surface area contributed by atoms with Crippen LogP contribution in [0.4, 0.5) is 4.79 Å². The Morgan fingerprint density at radius 3 is 2.82 bits per heavy atom. The van der Waals surface area contributed by atoms with Crippen molar-refractivity contribution in [3.05, 3.63) is 54.2 Å². The number of hydrogen-bond donors (Lipinski definition) is 1. The summed E-state index contributed by atoms with van der Waals surface area (Å²) >= 11 is 0. The third kappa shape index (κ3) is 3.67. The van der Waals surface area contributed by atoms with Gasteiger partial charge < -0.3 is 14.6 Å². The van der Waals surface area contributed by atoms with Crippen LogP contribution in [0.15, 0.2) is 47.2 Å². The second kappa shape index (κ2) is 7.11. The highest BCUT2D eigenvalue weighted by Crippen LogP contribution is 2.25. The predicted molar refractivity (Wildman–Crippen MR) is 83.0 cm³/mol. The van der Waals surface area contributed by atoms with Crippen LogP contribution < -0.4 is 5.32 Å². The van der Waals surface area contributed by atoms with Crippen molar-refractivity contribution in [3.63, 3.8) is 0 Å². The molecule has 0 unspecified atom stereocenters. The number of carbonyl (C=O) groups excluding carboxylic acids is 1. The van der Waals surface area contributed by atoms with Crippen molar-refractivity contribution in [2.45, 2.75) is 44.8 Å². The van der Waals surface area contributed by atoms with E-state index in [1.807, 2.05) is 35.2 Å². The van der Waals surface area contributed by atoms with E-state index in [4.69, 9.17) is 4.42 Å². The Morgan fingerprint density at radius 1 is 1.27 bits per heavy atom. The molecular weight excluding hydrogens is 278 g/mol. The molecule has 1 aliphatic rings. The first-order valence-electron chi connectivity index (χ1n) is 7.79. The minimum atomic E-state index is -0.0473. The first-order chi connectivity index (χ1) is 10.8. The lowest BCUT2D eigenvalue weighted by Crippen LogP contribution is -2.44. The van der Waals surface area contributed by atoms with Crippen LogP contribution >= 0.6 is 0 Å². The van der Waals surface area contributed by atoms with Crippen LogP contribution in [0.25, 0.3) is 0 Å². The maximum atomic E-state index is 12.6. The third-order valence-electron chi connectivity index (χ3n) is 4.08. The number of amides is 2. The van der Waals surface area contributed by atoms with Crippen LogP contribution in [0.5, 0.6) is 0 Å². The fraction of sp³-hybridized carbons (Fsp3) is 0.412. The fourth-order valence-corrected chi connectivity index (χ4v) is 2.92. The zero-order chi connectivity index (χ0) is 15.2. The number of aromatic nitrogens is 1. The van der Waals surface area contributed by atoms with E-state index < -0.39 is 0 Å². The van der Waals surface area contributed by atoms with Crippen LogP contribution in [0, 0.1) is 0 Å². The minimum absolute atomic E-state index is 0.0473. The Labute approximate surface area is 130 Å². The minimum Gasteiger partial charge on any atom is -0.467 e. The topological polar surface area (TPSA) is 58.4 Å². The van der Waals surface area contributed by atoms with Gasteiger partial charge in [0.2, 0.25) is 0 Å². The SMILES string of the molecule is O=C(NCc1ccccn1)N(Cc1ccco1)C1CCCC1. The molecule has 0 aromatic carbocycles. The molecule has 2 amide bonds. The molecule has 116 valence electrons. The van der Waals surface area contributed by atoms with E-state index in [-0.39, 0.29) is 6.03 Å². The predicted octanol–water partition coefficient (Wildman–Crippen LogP) is 3.33. The molecule has 5 heteroatoms. The molecular formula is C17H21N3O2. The summed E-state index contributed by atoms with van der Waals surface area (Å²) in [5.74, 6) is 0.819. The Morgan fingerprint density at radius 2 is 2.14 bits per heavy atom. The highest BCUT2D eigenvalue weighted by atomic mass is 16.3. The van der Waals surface area contributed by atoms with Gasteiger partial charge >= 0.3 is 6.03 Å². The second-order valence-corrected chi connectivity index (χ2v) is 5.63. The van der Waals surface area contributed by atoms with Crippen molar-refractivity contribution in [2.75, 3.05) is 0 Å². The number of pyridine rings is 1. The van der Waals surface area contributed by atoms with Gasteiger partial charge in [0.25, 0.3) is 0 Å². The van der Waals surface area contributed by atoms with Crippen molar-refractivity contribution in [3.8, 4) is 0 Å². The van der Waals surface area contributed by atoms with Gasteiger partial charge in [-0.2, -0.15) is 0 Å². The lowest BCUT2D eigenvalue weighted by Gasteiger charge is -2.28. The molecule has 0 atom stereocenters. The lowest BCUT2D eigenvalue weighted by atomic mass is 10.2. The molecule has 0 spiro atoms. The number of urea groups is 1. The monoisotopic (exact) mass is 299 g/mol. The zero-order valence-electron chi connectivity index (χ0n) is 12.6. The van der Waals surface area contributed by atoms with Crippen LogP contribution in [0.3, 0.4) is 0 Å². The average Bonchev–Trinajstić information content (AvgIpc) is 3.24. The van der Waals surface area contributed by atoms with Gasteiger partial charge in [0.05, 0.1) is 25.0 Å². The molecule has 1 saturated carbocycles. The van der Waals surface area contributed by atoms with Crippen molar-refractivity contribution in [1.29, 1.82) is 0 Å². The highest BCUT2D eigenvalue weighted by Gasteiger charge is 2.27. The standard InChI is InChI=1S/C17H21N3O2/c21-17(19-12-14-6-3-4-10-18-14)20(15-7-1-2-8-15)13-16-9-5-11-22-16/h3-6,9-11,15H,1-2,7-8,12-13H2,(H,19,21). The molecule has 3 rings (SSSR count). The molecule has 1 fully saturated rings. The molecule has 0 bridgehead atoms. The first kappa shape index (κ1) is 14.6. The third-order valence-corrected chi connectivity index (χ3v) is 4.08. The van der Waals surface area contributed by atoms with Crippen LogP contribution in [-0.4, -0.2) is 22.0 Å². The number of rotatable bonds is 5. The van der Waals surface area contributed by atoms with E-state index in [9.17, 15) is 4.79 Å². The van der Waals surface area contributed by atoms with Crippen LogP contribution in [0.2, 0.25) is 0 Å². The molecule has 2 aromatic heterocycles. The van der Waals surface area contributed by atoms with E-state index in [0.29, 0.717) is 19.1 Å². The molecule has 5 nitrogen and oxygen atoms in total.